The monoisotopic (exact) mass is 474 g/mol. The van der Waals surface area contributed by atoms with E-state index >= 15 is 0 Å². The zero-order valence-electron chi connectivity index (χ0n) is 19.8. The number of aromatic nitrogens is 5. The zero-order chi connectivity index (χ0) is 24.9. The first-order chi connectivity index (χ1) is 16.9. The number of benzene rings is 2. The maximum atomic E-state index is 12.9. The lowest BCUT2D eigenvalue weighted by molar-refractivity contribution is -0.121. The van der Waals surface area contributed by atoms with E-state index in [-0.39, 0.29) is 42.7 Å². The zero-order valence-corrected chi connectivity index (χ0v) is 19.8. The predicted molar refractivity (Wildman–Crippen MR) is 129 cm³/mol. The van der Waals surface area contributed by atoms with Gasteiger partial charge in [0.25, 0.3) is 5.56 Å². The first-order valence-electron chi connectivity index (χ1n) is 11.3. The lowest BCUT2D eigenvalue weighted by Crippen LogP contribution is -2.41. The number of amides is 1. The highest BCUT2D eigenvalue weighted by atomic mass is 16.5. The van der Waals surface area contributed by atoms with Gasteiger partial charge in [0.05, 0.1) is 5.69 Å². The van der Waals surface area contributed by atoms with E-state index in [0.29, 0.717) is 12.2 Å². The summed E-state index contributed by atoms with van der Waals surface area (Å²) in [6.07, 6.45) is 0.343. The molecule has 0 aliphatic heterocycles. The lowest BCUT2D eigenvalue weighted by atomic mass is 10.1. The van der Waals surface area contributed by atoms with Crippen LogP contribution in [0.3, 0.4) is 0 Å². The van der Waals surface area contributed by atoms with Crippen molar-refractivity contribution in [1.82, 2.24) is 29.8 Å². The van der Waals surface area contributed by atoms with E-state index in [1.807, 2.05) is 50.2 Å². The second kappa shape index (κ2) is 10.3. The SMILES string of the molecule is CCn1c(=O)c(-c2noc(CCC(=O)NCc3ccc(C)cc3)n2)nn(-c2ccc(C)cc2)c1=O. The van der Waals surface area contributed by atoms with Crippen LogP contribution in [0, 0.1) is 13.8 Å². The van der Waals surface area contributed by atoms with Crippen LogP contribution in [0.5, 0.6) is 0 Å². The molecule has 2 aromatic carbocycles. The molecule has 2 aromatic heterocycles. The van der Waals surface area contributed by atoms with E-state index in [1.165, 1.54) is 0 Å². The van der Waals surface area contributed by atoms with Gasteiger partial charge in [0.2, 0.25) is 17.6 Å². The summed E-state index contributed by atoms with van der Waals surface area (Å²) in [6.45, 7) is 6.22. The van der Waals surface area contributed by atoms with Gasteiger partial charge in [-0.1, -0.05) is 52.7 Å². The van der Waals surface area contributed by atoms with Gasteiger partial charge in [0.1, 0.15) is 0 Å². The van der Waals surface area contributed by atoms with E-state index in [9.17, 15) is 14.4 Å². The van der Waals surface area contributed by atoms with Crippen molar-refractivity contribution in [3.8, 4) is 17.2 Å². The minimum atomic E-state index is -0.607. The smallest absolute Gasteiger partial charge is 0.352 e. The molecular formula is C25H26N6O4. The maximum absolute atomic E-state index is 12.9. The molecule has 1 amide bonds. The third-order valence-electron chi connectivity index (χ3n) is 5.51. The molecule has 0 atom stereocenters. The molecule has 180 valence electrons. The highest BCUT2D eigenvalue weighted by Crippen LogP contribution is 2.12. The van der Waals surface area contributed by atoms with Gasteiger partial charge in [-0.05, 0) is 38.5 Å². The van der Waals surface area contributed by atoms with Crippen molar-refractivity contribution in [2.24, 2.45) is 0 Å². The van der Waals surface area contributed by atoms with Crippen molar-refractivity contribution >= 4 is 5.91 Å². The normalized spacial score (nSPS) is 10.9. The molecule has 4 aromatic rings. The summed E-state index contributed by atoms with van der Waals surface area (Å²) in [4.78, 5) is 42.2. The quantitative estimate of drug-likeness (QED) is 0.415. The van der Waals surface area contributed by atoms with Crippen LogP contribution in [0.4, 0.5) is 0 Å². The number of hydrogen-bond donors (Lipinski definition) is 1. The minimum absolute atomic E-state index is 0.0341. The van der Waals surface area contributed by atoms with Crippen LogP contribution in [0.2, 0.25) is 0 Å². The predicted octanol–water partition coefficient (Wildman–Crippen LogP) is 2.33. The highest BCUT2D eigenvalue weighted by molar-refractivity contribution is 5.76. The Morgan fingerprint density at radius 1 is 1.00 bits per heavy atom. The van der Waals surface area contributed by atoms with Crippen LogP contribution in [-0.4, -0.2) is 30.4 Å². The van der Waals surface area contributed by atoms with Gasteiger partial charge in [0.15, 0.2) is 5.69 Å². The van der Waals surface area contributed by atoms with Crippen molar-refractivity contribution in [2.75, 3.05) is 0 Å². The van der Waals surface area contributed by atoms with Crippen LogP contribution < -0.4 is 16.6 Å². The van der Waals surface area contributed by atoms with Crippen molar-refractivity contribution in [1.29, 1.82) is 0 Å². The molecule has 0 aliphatic carbocycles. The molecule has 1 N–H and O–H groups in total. The van der Waals surface area contributed by atoms with Gasteiger partial charge >= 0.3 is 5.69 Å². The van der Waals surface area contributed by atoms with Gasteiger partial charge < -0.3 is 9.84 Å². The van der Waals surface area contributed by atoms with Gasteiger partial charge in [-0.3, -0.25) is 14.2 Å². The van der Waals surface area contributed by atoms with E-state index in [2.05, 4.69) is 20.6 Å². The number of hydrogen-bond acceptors (Lipinski definition) is 7. The molecule has 4 rings (SSSR count). The van der Waals surface area contributed by atoms with Gasteiger partial charge in [-0.15, -0.1) is 0 Å². The molecule has 0 saturated heterocycles. The molecule has 0 fully saturated rings. The topological polar surface area (TPSA) is 125 Å². The number of carbonyl (C=O) groups excluding carboxylic acids is 1. The minimum Gasteiger partial charge on any atom is -0.352 e. The Kier molecular flexibility index (Phi) is 7.00. The number of nitrogens with one attached hydrogen (secondary N) is 1. The largest absolute Gasteiger partial charge is 0.352 e. The molecular weight excluding hydrogens is 448 g/mol. The summed E-state index contributed by atoms with van der Waals surface area (Å²) in [6, 6.07) is 15.1. The molecule has 10 nitrogen and oxygen atoms in total. The van der Waals surface area contributed by atoms with Crippen LogP contribution in [-0.2, 0) is 24.3 Å². The first kappa shape index (κ1) is 23.8. The van der Waals surface area contributed by atoms with Gasteiger partial charge in [-0.2, -0.15) is 14.8 Å². The van der Waals surface area contributed by atoms with Crippen molar-refractivity contribution in [2.45, 2.75) is 46.7 Å². The van der Waals surface area contributed by atoms with Crippen LogP contribution in [0.15, 0.2) is 62.6 Å². The standard InChI is InChI=1S/C25H26N6O4/c1-4-30-24(33)22(28-31(25(30)34)19-11-7-17(3)8-12-19)23-27-21(35-29-23)14-13-20(32)26-15-18-9-5-16(2)6-10-18/h5-12H,4,13-15H2,1-3H3,(H,26,32). The molecule has 0 radical (unpaired) electrons. The average Bonchev–Trinajstić information content (AvgIpc) is 3.32. The molecule has 0 unspecified atom stereocenters. The summed E-state index contributed by atoms with van der Waals surface area (Å²) < 4.78 is 7.46. The summed E-state index contributed by atoms with van der Waals surface area (Å²) in [7, 11) is 0. The first-order valence-corrected chi connectivity index (χ1v) is 11.3. The number of aryl methyl sites for hydroxylation is 3. The number of rotatable bonds is 8. The van der Waals surface area contributed by atoms with Crippen molar-refractivity contribution < 1.29 is 9.32 Å². The Bertz CT molecular complexity index is 1450. The summed E-state index contributed by atoms with van der Waals surface area (Å²) in [5.41, 5.74) is 2.43. The molecule has 0 spiro atoms. The fraction of sp³-hybridized carbons (Fsp3) is 0.280. The Morgan fingerprint density at radius 2 is 1.66 bits per heavy atom. The third kappa shape index (κ3) is 5.43. The molecule has 35 heavy (non-hydrogen) atoms. The van der Waals surface area contributed by atoms with E-state index < -0.39 is 11.2 Å². The van der Waals surface area contributed by atoms with E-state index in [4.69, 9.17) is 4.52 Å². The summed E-state index contributed by atoms with van der Waals surface area (Å²) in [5, 5.41) is 11.0. The molecule has 0 saturated carbocycles. The van der Waals surface area contributed by atoms with Gasteiger partial charge in [0, 0.05) is 25.9 Å². The fourth-order valence-electron chi connectivity index (χ4n) is 3.46. The van der Waals surface area contributed by atoms with Crippen molar-refractivity contribution in [3.05, 3.63) is 92.0 Å². The summed E-state index contributed by atoms with van der Waals surface area (Å²) >= 11 is 0. The Balaban J connectivity index is 1.50. The Morgan fingerprint density at radius 3 is 2.31 bits per heavy atom. The number of carbonyl (C=O) groups is 1. The number of nitrogens with zero attached hydrogens (tertiary/aromatic N) is 5. The van der Waals surface area contributed by atoms with E-state index in [0.717, 1.165) is 25.9 Å². The molecule has 0 aliphatic rings. The third-order valence-corrected chi connectivity index (χ3v) is 5.51. The van der Waals surface area contributed by atoms with Crippen LogP contribution in [0.25, 0.3) is 17.2 Å². The average molecular weight is 475 g/mol. The molecule has 2 heterocycles. The maximum Gasteiger partial charge on any atom is 0.352 e. The highest BCUT2D eigenvalue weighted by Gasteiger charge is 2.20. The molecule has 10 heteroatoms. The van der Waals surface area contributed by atoms with Crippen LogP contribution >= 0.6 is 0 Å². The Labute approximate surface area is 201 Å². The second-order valence-electron chi connectivity index (χ2n) is 8.20. The molecule has 0 bridgehead atoms. The second-order valence-corrected chi connectivity index (χ2v) is 8.20. The summed E-state index contributed by atoms with van der Waals surface area (Å²) in [5.74, 6) is 0.000606. The van der Waals surface area contributed by atoms with E-state index in [1.54, 1.807) is 19.1 Å². The van der Waals surface area contributed by atoms with Crippen LogP contribution in [0.1, 0.15) is 35.9 Å². The Hall–Kier alpha value is -4.34. The van der Waals surface area contributed by atoms with Crippen molar-refractivity contribution in [3.63, 3.8) is 0 Å². The lowest BCUT2D eigenvalue weighted by Gasteiger charge is -2.09. The van der Waals surface area contributed by atoms with Gasteiger partial charge in [-0.25, -0.2) is 4.79 Å². The fourth-order valence-corrected chi connectivity index (χ4v) is 3.46.